The van der Waals surface area contributed by atoms with Crippen LogP contribution in [-0.2, 0) is 4.74 Å². The molecule has 7 heteroatoms. The molecule has 7 nitrogen and oxygen atoms in total. The fourth-order valence-corrected chi connectivity index (χ4v) is 1.19. The SMILES string of the molecule is CNc1ccc([N+](=O)[O-])c(NCC(C)OC)n1. The van der Waals surface area contributed by atoms with Crippen molar-refractivity contribution in [3.63, 3.8) is 0 Å². The van der Waals surface area contributed by atoms with Crippen LogP contribution in [-0.4, -0.2) is 36.7 Å². The minimum Gasteiger partial charge on any atom is -0.380 e. The molecule has 0 aliphatic heterocycles. The number of hydrogen-bond donors (Lipinski definition) is 2. The van der Waals surface area contributed by atoms with Crippen molar-refractivity contribution in [2.24, 2.45) is 0 Å². The van der Waals surface area contributed by atoms with E-state index < -0.39 is 4.92 Å². The van der Waals surface area contributed by atoms with Crippen LogP contribution in [0.5, 0.6) is 0 Å². The maximum atomic E-state index is 10.8. The molecule has 1 rings (SSSR count). The highest BCUT2D eigenvalue weighted by Crippen LogP contribution is 2.23. The van der Waals surface area contributed by atoms with Gasteiger partial charge in [0.25, 0.3) is 0 Å². The average molecular weight is 240 g/mol. The average Bonchev–Trinajstić information content (AvgIpc) is 2.35. The second-order valence-corrected chi connectivity index (χ2v) is 3.50. The van der Waals surface area contributed by atoms with Gasteiger partial charge in [-0.05, 0) is 13.0 Å². The number of rotatable bonds is 6. The van der Waals surface area contributed by atoms with Crippen molar-refractivity contribution in [3.8, 4) is 0 Å². The molecule has 1 heterocycles. The van der Waals surface area contributed by atoms with Gasteiger partial charge in [0.2, 0.25) is 5.82 Å². The van der Waals surface area contributed by atoms with E-state index in [-0.39, 0.29) is 17.6 Å². The summed E-state index contributed by atoms with van der Waals surface area (Å²) < 4.78 is 5.05. The molecule has 0 radical (unpaired) electrons. The predicted molar refractivity (Wildman–Crippen MR) is 65.4 cm³/mol. The van der Waals surface area contributed by atoms with E-state index in [0.717, 1.165) is 0 Å². The van der Waals surface area contributed by atoms with Gasteiger partial charge in [-0.1, -0.05) is 0 Å². The maximum Gasteiger partial charge on any atom is 0.311 e. The molecule has 1 aromatic heterocycles. The van der Waals surface area contributed by atoms with Crippen molar-refractivity contribution in [1.82, 2.24) is 4.98 Å². The molecule has 0 amide bonds. The number of pyridine rings is 1. The number of methoxy groups -OCH3 is 1. The van der Waals surface area contributed by atoms with E-state index in [9.17, 15) is 10.1 Å². The number of ether oxygens (including phenoxy) is 1. The molecule has 2 N–H and O–H groups in total. The van der Waals surface area contributed by atoms with E-state index in [1.807, 2.05) is 6.92 Å². The van der Waals surface area contributed by atoms with E-state index in [4.69, 9.17) is 4.74 Å². The van der Waals surface area contributed by atoms with Crippen LogP contribution in [0.25, 0.3) is 0 Å². The van der Waals surface area contributed by atoms with Gasteiger partial charge in [-0.15, -0.1) is 0 Å². The third-order valence-corrected chi connectivity index (χ3v) is 2.29. The van der Waals surface area contributed by atoms with Crippen LogP contribution in [0.2, 0.25) is 0 Å². The molecule has 1 aromatic rings. The minimum atomic E-state index is -0.466. The van der Waals surface area contributed by atoms with E-state index in [2.05, 4.69) is 15.6 Å². The van der Waals surface area contributed by atoms with E-state index in [1.54, 1.807) is 20.2 Å². The summed E-state index contributed by atoms with van der Waals surface area (Å²) in [4.78, 5) is 14.4. The summed E-state index contributed by atoms with van der Waals surface area (Å²) in [5, 5.41) is 16.5. The fourth-order valence-electron chi connectivity index (χ4n) is 1.19. The second kappa shape index (κ2) is 6.00. The summed E-state index contributed by atoms with van der Waals surface area (Å²) in [6.45, 7) is 2.32. The standard InChI is InChI=1S/C10H16N4O3/c1-7(17-3)6-12-10-8(14(15)16)4-5-9(11-2)13-10/h4-5,7H,6H2,1-3H3,(H2,11,12,13). The monoisotopic (exact) mass is 240 g/mol. The Labute approximate surface area is 99.3 Å². The predicted octanol–water partition coefficient (Wildman–Crippen LogP) is 1.48. The molecule has 94 valence electrons. The Morgan fingerprint density at radius 2 is 2.29 bits per heavy atom. The van der Waals surface area contributed by atoms with Crippen molar-refractivity contribution in [2.45, 2.75) is 13.0 Å². The van der Waals surface area contributed by atoms with Crippen molar-refractivity contribution in [2.75, 3.05) is 31.3 Å². The smallest absolute Gasteiger partial charge is 0.311 e. The summed E-state index contributed by atoms with van der Waals surface area (Å²) in [6.07, 6.45) is -0.0466. The first kappa shape index (κ1) is 13.2. The van der Waals surface area contributed by atoms with Gasteiger partial charge in [-0.25, -0.2) is 4.98 Å². The van der Waals surface area contributed by atoms with Crippen LogP contribution >= 0.6 is 0 Å². The first-order valence-electron chi connectivity index (χ1n) is 5.18. The molecule has 0 aliphatic carbocycles. The second-order valence-electron chi connectivity index (χ2n) is 3.50. The number of hydrogen-bond acceptors (Lipinski definition) is 6. The van der Waals surface area contributed by atoms with Crippen LogP contribution in [0.4, 0.5) is 17.3 Å². The molecule has 0 aliphatic rings. The Morgan fingerprint density at radius 3 is 2.82 bits per heavy atom. The summed E-state index contributed by atoms with van der Waals surface area (Å²) in [7, 11) is 3.29. The molecule has 0 bridgehead atoms. The van der Waals surface area contributed by atoms with Gasteiger partial charge in [0.1, 0.15) is 5.82 Å². The zero-order valence-electron chi connectivity index (χ0n) is 10.1. The highest BCUT2D eigenvalue weighted by molar-refractivity contribution is 5.60. The summed E-state index contributed by atoms with van der Waals surface area (Å²) in [5.41, 5.74) is -0.0488. The van der Waals surface area contributed by atoms with Gasteiger partial charge < -0.3 is 15.4 Å². The highest BCUT2D eigenvalue weighted by atomic mass is 16.6. The van der Waals surface area contributed by atoms with Gasteiger partial charge in [-0.2, -0.15) is 0 Å². The first-order valence-corrected chi connectivity index (χ1v) is 5.18. The lowest BCUT2D eigenvalue weighted by Gasteiger charge is -2.12. The lowest BCUT2D eigenvalue weighted by atomic mass is 10.3. The zero-order valence-corrected chi connectivity index (χ0v) is 10.1. The number of anilines is 2. The van der Waals surface area contributed by atoms with E-state index in [0.29, 0.717) is 12.4 Å². The minimum absolute atomic E-state index is 0.0466. The van der Waals surface area contributed by atoms with Gasteiger partial charge in [-0.3, -0.25) is 10.1 Å². The Balaban J connectivity index is 2.89. The summed E-state index contributed by atoms with van der Waals surface area (Å²) >= 11 is 0. The molecule has 1 atom stereocenters. The van der Waals surface area contributed by atoms with Gasteiger partial charge >= 0.3 is 5.69 Å². The van der Waals surface area contributed by atoms with Crippen LogP contribution < -0.4 is 10.6 Å². The van der Waals surface area contributed by atoms with Gasteiger partial charge in [0.15, 0.2) is 0 Å². The molecule has 0 aromatic carbocycles. The van der Waals surface area contributed by atoms with E-state index >= 15 is 0 Å². The van der Waals surface area contributed by atoms with Crippen LogP contribution in [0.15, 0.2) is 12.1 Å². The van der Waals surface area contributed by atoms with Crippen LogP contribution in [0.1, 0.15) is 6.92 Å². The Bertz CT molecular complexity index is 397. The Kier molecular flexibility index (Phi) is 4.65. The fraction of sp³-hybridized carbons (Fsp3) is 0.500. The lowest BCUT2D eigenvalue weighted by molar-refractivity contribution is -0.384. The quantitative estimate of drug-likeness (QED) is 0.578. The topological polar surface area (TPSA) is 89.3 Å². The molecule has 0 fully saturated rings. The first-order chi connectivity index (χ1) is 8.08. The Hall–Kier alpha value is -1.89. The van der Waals surface area contributed by atoms with E-state index in [1.165, 1.54) is 6.07 Å². The highest BCUT2D eigenvalue weighted by Gasteiger charge is 2.16. The van der Waals surface area contributed by atoms with Gasteiger partial charge in [0.05, 0.1) is 11.0 Å². The van der Waals surface area contributed by atoms with Crippen molar-refractivity contribution in [1.29, 1.82) is 0 Å². The summed E-state index contributed by atoms with van der Waals surface area (Å²) in [6, 6.07) is 2.97. The molecule has 1 unspecified atom stereocenters. The summed E-state index contributed by atoms with van der Waals surface area (Å²) in [5.74, 6) is 0.814. The van der Waals surface area contributed by atoms with Gasteiger partial charge in [0, 0.05) is 26.8 Å². The van der Waals surface area contributed by atoms with Crippen molar-refractivity contribution in [3.05, 3.63) is 22.2 Å². The number of nitrogens with one attached hydrogen (secondary N) is 2. The van der Waals surface area contributed by atoms with Crippen LogP contribution in [0, 0.1) is 10.1 Å². The van der Waals surface area contributed by atoms with Crippen molar-refractivity contribution >= 4 is 17.3 Å². The normalized spacial score (nSPS) is 11.9. The van der Waals surface area contributed by atoms with Crippen LogP contribution in [0.3, 0.4) is 0 Å². The lowest BCUT2D eigenvalue weighted by Crippen LogP contribution is -2.19. The molecular formula is C10H16N4O3. The van der Waals surface area contributed by atoms with Crippen molar-refractivity contribution < 1.29 is 9.66 Å². The Morgan fingerprint density at radius 1 is 1.59 bits per heavy atom. The maximum absolute atomic E-state index is 10.8. The molecular weight excluding hydrogens is 224 g/mol. The number of nitrogens with zero attached hydrogens (tertiary/aromatic N) is 2. The molecule has 17 heavy (non-hydrogen) atoms. The third kappa shape index (κ3) is 3.56. The number of nitro groups is 1. The molecule has 0 saturated heterocycles. The molecule has 0 saturated carbocycles. The third-order valence-electron chi connectivity index (χ3n) is 2.29. The largest absolute Gasteiger partial charge is 0.380 e. The molecule has 0 spiro atoms. The zero-order chi connectivity index (χ0) is 12.8. The number of aromatic nitrogens is 1.